The number of nitro groups is 1. The van der Waals surface area contributed by atoms with E-state index in [1.165, 1.54) is 12.3 Å². The Balaban J connectivity index is 2.10. The van der Waals surface area contributed by atoms with Crippen LogP contribution in [0.4, 0.5) is 11.5 Å². The van der Waals surface area contributed by atoms with Crippen LogP contribution in [0.5, 0.6) is 0 Å². The van der Waals surface area contributed by atoms with Crippen molar-refractivity contribution >= 4 is 11.5 Å². The molecule has 0 spiro atoms. The number of pyridine rings is 1. The summed E-state index contributed by atoms with van der Waals surface area (Å²) < 4.78 is 0. The maximum atomic E-state index is 10.5. The van der Waals surface area contributed by atoms with Crippen LogP contribution in [0.3, 0.4) is 0 Å². The number of aromatic nitrogens is 1. The SMILES string of the molecule is NCC1(Nc2ccc([N+](=O)[O-])cn2)CCCC1. The Morgan fingerprint density at radius 3 is 2.65 bits per heavy atom. The standard InChI is InChI=1S/C11H16N4O2/c12-8-11(5-1-2-6-11)14-10-4-3-9(7-13-10)15(16)17/h3-4,7H,1-2,5-6,8,12H2,(H,13,14). The highest BCUT2D eigenvalue weighted by atomic mass is 16.6. The monoisotopic (exact) mass is 236 g/mol. The van der Waals surface area contributed by atoms with E-state index in [0.717, 1.165) is 25.7 Å². The molecule has 1 aromatic rings. The quantitative estimate of drug-likeness (QED) is 0.612. The van der Waals surface area contributed by atoms with Gasteiger partial charge < -0.3 is 11.1 Å². The summed E-state index contributed by atoms with van der Waals surface area (Å²) in [5.74, 6) is 0.656. The molecule has 92 valence electrons. The van der Waals surface area contributed by atoms with Gasteiger partial charge in [-0.1, -0.05) is 12.8 Å². The topological polar surface area (TPSA) is 94.1 Å². The minimum absolute atomic E-state index is 0.00349. The van der Waals surface area contributed by atoms with E-state index in [4.69, 9.17) is 5.73 Å². The second-order valence-electron chi connectivity index (χ2n) is 4.48. The molecule has 2 rings (SSSR count). The first-order chi connectivity index (χ1) is 8.15. The third-order valence-corrected chi connectivity index (χ3v) is 3.30. The molecule has 1 aromatic heterocycles. The zero-order chi connectivity index (χ0) is 12.3. The second kappa shape index (κ2) is 4.67. The van der Waals surface area contributed by atoms with Crippen LogP contribution in [-0.4, -0.2) is 22.0 Å². The van der Waals surface area contributed by atoms with E-state index in [-0.39, 0.29) is 11.2 Å². The van der Waals surface area contributed by atoms with Crippen LogP contribution in [-0.2, 0) is 0 Å². The minimum atomic E-state index is -0.453. The average molecular weight is 236 g/mol. The Morgan fingerprint density at radius 2 is 2.18 bits per heavy atom. The maximum Gasteiger partial charge on any atom is 0.287 e. The molecular weight excluding hydrogens is 220 g/mol. The molecule has 0 unspecified atom stereocenters. The lowest BCUT2D eigenvalue weighted by Crippen LogP contribution is -2.43. The average Bonchev–Trinajstić information content (AvgIpc) is 2.79. The van der Waals surface area contributed by atoms with Gasteiger partial charge in [-0.3, -0.25) is 10.1 Å². The molecule has 1 aliphatic carbocycles. The maximum absolute atomic E-state index is 10.5. The van der Waals surface area contributed by atoms with Crippen molar-refractivity contribution in [1.82, 2.24) is 4.98 Å². The van der Waals surface area contributed by atoms with E-state index in [2.05, 4.69) is 10.3 Å². The Bertz CT molecular complexity index is 398. The lowest BCUT2D eigenvalue weighted by atomic mass is 9.98. The first-order valence-corrected chi connectivity index (χ1v) is 5.74. The van der Waals surface area contributed by atoms with Crippen LogP contribution < -0.4 is 11.1 Å². The second-order valence-corrected chi connectivity index (χ2v) is 4.48. The molecule has 0 radical (unpaired) electrons. The zero-order valence-electron chi connectivity index (χ0n) is 9.56. The molecule has 0 amide bonds. The Kier molecular flexibility index (Phi) is 3.23. The summed E-state index contributed by atoms with van der Waals surface area (Å²) in [5.41, 5.74) is 5.72. The first kappa shape index (κ1) is 11.8. The Morgan fingerprint density at radius 1 is 1.47 bits per heavy atom. The van der Waals surface area contributed by atoms with Crippen LogP contribution >= 0.6 is 0 Å². The van der Waals surface area contributed by atoms with Crippen molar-refractivity contribution in [2.75, 3.05) is 11.9 Å². The van der Waals surface area contributed by atoms with Gasteiger partial charge in [0, 0.05) is 12.6 Å². The van der Waals surface area contributed by atoms with Crippen molar-refractivity contribution < 1.29 is 4.92 Å². The molecule has 0 aromatic carbocycles. The molecule has 0 bridgehead atoms. The predicted molar refractivity (Wildman–Crippen MR) is 64.8 cm³/mol. The number of nitrogens with one attached hydrogen (secondary N) is 1. The largest absolute Gasteiger partial charge is 0.363 e. The van der Waals surface area contributed by atoms with Crippen molar-refractivity contribution in [3.8, 4) is 0 Å². The van der Waals surface area contributed by atoms with E-state index < -0.39 is 4.92 Å². The minimum Gasteiger partial charge on any atom is -0.363 e. The molecule has 1 aliphatic rings. The summed E-state index contributed by atoms with van der Waals surface area (Å²) in [6.07, 6.45) is 5.65. The molecular formula is C11H16N4O2. The third-order valence-electron chi connectivity index (χ3n) is 3.30. The van der Waals surface area contributed by atoms with E-state index in [9.17, 15) is 10.1 Å². The highest BCUT2D eigenvalue weighted by Crippen LogP contribution is 2.31. The fourth-order valence-electron chi connectivity index (χ4n) is 2.27. The number of anilines is 1. The van der Waals surface area contributed by atoms with Crippen molar-refractivity contribution in [1.29, 1.82) is 0 Å². The normalized spacial score (nSPS) is 17.9. The van der Waals surface area contributed by atoms with Gasteiger partial charge in [-0.05, 0) is 18.9 Å². The Labute approximate surface area is 99.4 Å². The van der Waals surface area contributed by atoms with Gasteiger partial charge in [0.15, 0.2) is 0 Å². The smallest absolute Gasteiger partial charge is 0.287 e. The van der Waals surface area contributed by atoms with Crippen molar-refractivity contribution in [3.63, 3.8) is 0 Å². The van der Waals surface area contributed by atoms with E-state index in [1.54, 1.807) is 6.07 Å². The molecule has 1 fully saturated rings. The van der Waals surface area contributed by atoms with Crippen LogP contribution in [0, 0.1) is 10.1 Å². The highest BCUT2D eigenvalue weighted by molar-refractivity contribution is 5.42. The van der Waals surface area contributed by atoms with E-state index in [1.807, 2.05) is 0 Å². The van der Waals surface area contributed by atoms with Crippen molar-refractivity contribution in [2.45, 2.75) is 31.2 Å². The van der Waals surface area contributed by atoms with Gasteiger partial charge in [0.2, 0.25) is 0 Å². The summed E-state index contributed by atoms with van der Waals surface area (Å²) in [6, 6.07) is 3.09. The third kappa shape index (κ3) is 2.52. The fraction of sp³-hybridized carbons (Fsp3) is 0.545. The molecule has 3 N–H and O–H groups in total. The van der Waals surface area contributed by atoms with Gasteiger partial charge in [0.25, 0.3) is 5.69 Å². The molecule has 17 heavy (non-hydrogen) atoms. The fourth-order valence-corrected chi connectivity index (χ4v) is 2.27. The van der Waals surface area contributed by atoms with E-state index >= 15 is 0 Å². The van der Waals surface area contributed by atoms with Crippen LogP contribution in [0.1, 0.15) is 25.7 Å². The molecule has 6 nitrogen and oxygen atoms in total. The Hall–Kier alpha value is -1.69. The highest BCUT2D eigenvalue weighted by Gasteiger charge is 2.32. The van der Waals surface area contributed by atoms with Gasteiger partial charge in [-0.25, -0.2) is 4.98 Å². The lowest BCUT2D eigenvalue weighted by Gasteiger charge is -2.29. The summed E-state index contributed by atoms with van der Waals surface area (Å²) in [5, 5.41) is 13.8. The summed E-state index contributed by atoms with van der Waals surface area (Å²) >= 11 is 0. The van der Waals surface area contributed by atoms with Crippen LogP contribution in [0.25, 0.3) is 0 Å². The number of hydrogen-bond donors (Lipinski definition) is 2. The summed E-state index contributed by atoms with van der Waals surface area (Å²) in [6.45, 7) is 0.561. The first-order valence-electron chi connectivity index (χ1n) is 5.74. The molecule has 0 saturated heterocycles. The number of nitrogens with zero attached hydrogens (tertiary/aromatic N) is 2. The molecule has 1 saturated carbocycles. The number of nitrogens with two attached hydrogens (primary N) is 1. The van der Waals surface area contributed by atoms with Gasteiger partial charge in [-0.15, -0.1) is 0 Å². The van der Waals surface area contributed by atoms with Gasteiger partial charge in [0.1, 0.15) is 12.0 Å². The summed E-state index contributed by atoms with van der Waals surface area (Å²) in [7, 11) is 0. The van der Waals surface area contributed by atoms with Crippen LogP contribution in [0.15, 0.2) is 18.3 Å². The van der Waals surface area contributed by atoms with Gasteiger partial charge in [0.05, 0.1) is 10.5 Å². The predicted octanol–water partition coefficient (Wildman–Crippen LogP) is 1.67. The van der Waals surface area contributed by atoms with Gasteiger partial charge in [-0.2, -0.15) is 0 Å². The molecule has 6 heteroatoms. The number of rotatable bonds is 4. The van der Waals surface area contributed by atoms with Gasteiger partial charge >= 0.3 is 0 Å². The van der Waals surface area contributed by atoms with Crippen molar-refractivity contribution in [3.05, 3.63) is 28.4 Å². The molecule has 1 heterocycles. The number of hydrogen-bond acceptors (Lipinski definition) is 5. The lowest BCUT2D eigenvalue weighted by molar-refractivity contribution is -0.385. The van der Waals surface area contributed by atoms with Crippen molar-refractivity contribution in [2.24, 2.45) is 5.73 Å². The molecule has 0 aliphatic heterocycles. The summed E-state index contributed by atoms with van der Waals surface area (Å²) in [4.78, 5) is 14.1. The zero-order valence-corrected chi connectivity index (χ0v) is 9.56. The van der Waals surface area contributed by atoms with E-state index in [0.29, 0.717) is 12.4 Å². The van der Waals surface area contributed by atoms with Crippen LogP contribution in [0.2, 0.25) is 0 Å². The molecule has 0 atom stereocenters.